The van der Waals surface area contributed by atoms with Gasteiger partial charge in [0.2, 0.25) is 0 Å². The molecule has 0 aliphatic heterocycles. The number of methoxy groups -OCH3 is 1. The average molecular weight is 342 g/mol. The van der Waals surface area contributed by atoms with Crippen molar-refractivity contribution in [3.05, 3.63) is 83.8 Å². The molecule has 24 heavy (non-hydrogen) atoms. The van der Waals surface area contributed by atoms with Crippen LogP contribution in [0, 0.1) is 0 Å². The lowest BCUT2D eigenvalue weighted by atomic mass is 10.1. The van der Waals surface area contributed by atoms with Crippen LogP contribution in [0.4, 0.5) is 0 Å². The van der Waals surface area contributed by atoms with Gasteiger partial charge in [0.1, 0.15) is 0 Å². The Morgan fingerprint density at radius 1 is 1.00 bits per heavy atom. The van der Waals surface area contributed by atoms with Gasteiger partial charge in [-0.3, -0.25) is 0 Å². The maximum atomic E-state index is 12.5. The SMILES string of the molecule is C=C(CS(=O)(=O)C=C(C(=O)OC)c1ccccc1)c1ccccc1. The van der Waals surface area contributed by atoms with E-state index in [0.717, 1.165) is 11.0 Å². The maximum Gasteiger partial charge on any atom is 0.339 e. The Balaban J connectivity index is 2.33. The van der Waals surface area contributed by atoms with Gasteiger partial charge in [0.25, 0.3) is 0 Å². The lowest BCUT2D eigenvalue weighted by Gasteiger charge is -2.08. The molecule has 4 nitrogen and oxygen atoms in total. The Morgan fingerprint density at radius 2 is 1.50 bits per heavy atom. The second kappa shape index (κ2) is 7.75. The fraction of sp³-hybridized carbons (Fsp3) is 0.105. The second-order valence-corrected chi connectivity index (χ2v) is 7.02. The molecule has 0 fully saturated rings. The average Bonchev–Trinajstić information content (AvgIpc) is 2.60. The lowest BCUT2D eigenvalue weighted by molar-refractivity contribution is -0.133. The van der Waals surface area contributed by atoms with E-state index in [0.29, 0.717) is 11.1 Å². The van der Waals surface area contributed by atoms with Crippen LogP contribution in [0.25, 0.3) is 11.1 Å². The van der Waals surface area contributed by atoms with Gasteiger partial charge in [-0.1, -0.05) is 67.2 Å². The molecule has 0 amide bonds. The van der Waals surface area contributed by atoms with Crippen LogP contribution in [0.1, 0.15) is 11.1 Å². The number of carbonyl (C=O) groups excluding carboxylic acids is 1. The summed E-state index contributed by atoms with van der Waals surface area (Å²) in [6.07, 6.45) is 0. The molecule has 0 aromatic heterocycles. The summed E-state index contributed by atoms with van der Waals surface area (Å²) in [5, 5.41) is 0.961. The summed E-state index contributed by atoms with van der Waals surface area (Å²) in [7, 11) is -2.48. The molecule has 0 radical (unpaired) electrons. The van der Waals surface area contributed by atoms with Crippen molar-refractivity contribution in [3.8, 4) is 0 Å². The van der Waals surface area contributed by atoms with E-state index in [1.54, 1.807) is 42.5 Å². The number of rotatable bonds is 6. The summed E-state index contributed by atoms with van der Waals surface area (Å²) in [6, 6.07) is 17.6. The molecule has 0 aliphatic carbocycles. The zero-order valence-corrected chi connectivity index (χ0v) is 14.1. The number of esters is 1. The first-order valence-corrected chi connectivity index (χ1v) is 8.96. The van der Waals surface area contributed by atoms with Gasteiger partial charge < -0.3 is 4.74 Å². The topological polar surface area (TPSA) is 60.4 Å². The van der Waals surface area contributed by atoms with Crippen molar-refractivity contribution in [1.29, 1.82) is 0 Å². The van der Waals surface area contributed by atoms with Crippen LogP contribution in [0.15, 0.2) is 72.7 Å². The van der Waals surface area contributed by atoms with Crippen molar-refractivity contribution < 1.29 is 17.9 Å². The summed E-state index contributed by atoms with van der Waals surface area (Å²) in [4.78, 5) is 12.0. The van der Waals surface area contributed by atoms with E-state index in [1.807, 2.05) is 18.2 Å². The first-order valence-electron chi connectivity index (χ1n) is 7.24. The van der Waals surface area contributed by atoms with Gasteiger partial charge in [-0.25, -0.2) is 13.2 Å². The molecule has 2 rings (SSSR count). The van der Waals surface area contributed by atoms with Crippen LogP contribution in [-0.4, -0.2) is 27.2 Å². The predicted octanol–water partition coefficient (Wildman–Crippen LogP) is 3.33. The molecule has 0 unspecified atom stereocenters. The van der Waals surface area contributed by atoms with Gasteiger partial charge >= 0.3 is 5.97 Å². The van der Waals surface area contributed by atoms with E-state index in [1.165, 1.54) is 7.11 Å². The van der Waals surface area contributed by atoms with E-state index in [2.05, 4.69) is 6.58 Å². The Kier molecular flexibility index (Phi) is 5.71. The molecule has 0 saturated heterocycles. The molecule has 0 saturated carbocycles. The summed E-state index contributed by atoms with van der Waals surface area (Å²) in [5.74, 6) is -0.972. The van der Waals surface area contributed by atoms with Gasteiger partial charge in [-0.05, 0) is 16.7 Å². The Labute approximate surface area is 142 Å². The molecule has 0 heterocycles. The van der Waals surface area contributed by atoms with E-state index in [4.69, 9.17) is 4.74 Å². The first kappa shape index (κ1) is 17.7. The second-order valence-electron chi connectivity index (χ2n) is 5.17. The van der Waals surface area contributed by atoms with Crippen molar-refractivity contribution in [1.82, 2.24) is 0 Å². The van der Waals surface area contributed by atoms with Gasteiger partial charge in [-0.2, -0.15) is 0 Å². The highest BCUT2D eigenvalue weighted by molar-refractivity contribution is 7.94. The summed E-state index contributed by atoms with van der Waals surface area (Å²) >= 11 is 0. The van der Waals surface area contributed by atoms with Crippen LogP contribution in [0.2, 0.25) is 0 Å². The Bertz CT molecular complexity index is 851. The Hall–Kier alpha value is -2.66. The van der Waals surface area contributed by atoms with Gasteiger partial charge in [-0.15, -0.1) is 0 Å². The highest BCUT2D eigenvalue weighted by atomic mass is 32.2. The highest BCUT2D eigenvalue weighted by Gasteiger charge is 2.18. The van der Waals surface area contributed by atoms with Crippen LogP contribution < -0.4 is 0 Å². The molecular formula is C19H18O4S. The van der Waals surface area contributed by atoms with E-state index < -0.39 is 15.8 Å². The first-order chi connectivity index (χ1) is 11.4. The molecule has 2 aromatic carbocycles. The lowest BCUT2D eigenvalue weighted by Crippen LogP contribution is -2.10. The molecule has 0 atom stereocenters. The minimum atomic E-state index is -3.69. The van der Waals surface area contributed by atoms with Gasteiger partial charge in [0.05, 0.1) is 18.4 Å². The normalized spacial score (nSPS) is 11.8. The van der Waals surface area contributed by atoms with Crippen LogP contribution in [-0.2, 0) is 19.4 Å². The van der Waals surface area contributed by atoms with E-state index in [9.17, 15) is 13.2 Å². The minimum Gasteiger partial charge on any atom is -0.465 e. The largest absolute Gasteiger partial charge is 0.465 e. The zero-order chi connectivity index (χ0) is 17.6. The molecule has 0 N–H and O–H groups in total. The fourth-order valence-electron chi connectivity index (χ4n) is 2.18. The number of ether oxygens (including phenoxy) is 1. The maximum absolute atomic E-state index is 12.5. The fourth-order valence-corrected chi connectivity index (χ4v) is 3.51. The molecular weight excluding hydrogens is 324 g/mol. The molecule has 2 aromatic rings. The predicted molar refractivity (Wildman–Crippen MR) is 95.7 cm³/mol. The number of carbonyl (C=O) groups is 1. The summed E-state index contributed by atoms with van der Waals surface area (Å²) in [6.45, 7) is 3.83. The molecule has 0 aliphatic rings. The molecule has 0 spiro atoms. The number of sulfone groups is 1. The van der Waals surface area contributed by atoms with Crippen molar-refractivity contribution in [2.45, 2.75) is 0 Å². The van der Waals surface area contributed by atoms with Gasteiger partial charge in [0, 0.05) is 5.41 Å². The molecule has 124 valence electrons. The standard InChI is InChI=1S/C19H18O4S/c1-15(16-9-5-3-6-10-16)13-24(21,22)14-18(19(20)23-2)17-11-7-4-8-12-17/h3-12,14H,1,13H2,2H3. The highest BCUT2D eigenvalue weighted by Crippen LogP contribution is 2.20. The van der Waals surface area contributed by atoms with Crippen LogP contribution in [0.5, 0.6) is 0 Å². The van der Waals surface area contributed by atoms with Crippen LogP contribution in [0.3, 0.4) is 0 Å². The van der Waals surface area contributed by atoms with Crippen molar-refractivity contribution in [2.24, 2.45) is 0 Å². The molecule has 5 heteroatoms. The monoisotopic (exact) mass is 342 g/mol. The quantitative estimate of drug-likeness (QED) is 0.597. The summed E-state index contributed by atoms with van der Waals surface area (Å²) in [5.41, 5.74) is 1.69. The van der Waals surface area contributed by atoms with E-state index in [-0.39, 0.29) is 11.3 Å². The third-order valence-corrected chi connectivity index (χ3v) is 4.69. The minimum absolute atomic E-state index is 0.000961. The smallest absolute Gasteiger partial charge is 0.339 e. The number of hydrogen-bond acceptors (Lipinski definition) is 4. The zero-order valence-electron chi connectivity index (χ0n) is 13.3. The van der Waals surface area contributed by atoms with Crippen LogP contribution >= 0.6 is 0 Å². The van der Waals surface area contributed by atoms with Gasteiger partial charge in [0.15, 0.2) is 9.84 Å². The summed E-state index contributed by atoms with van der Waals surface area (Å²) < 4.78 is 29.7. The van der Waals surface area contributed by atoms with Crippen molar-refractivity contribution in [3.63, 3.8) is 0 Å². The van der Waals surface area contributed by atoms with Crippen molar-refractivity contribution in [2.75, 3.05) is 12.9 Å². The van der Waals surface area contributed by atoms with E-state index >= 15 is 0 Å². The third kappa shape index (κ3) is 4.67. The van der Waals surface area contributed by atoms with Crippen molar-refractivity contribution >= 4 is 27.0 Å². The number of benzene rings is 2. The Morgan fingerprint density at radius 3 is 2.00 bits per heavy atom. The third-order valence-electron chi connectivity index (χ3n) is 3.34. The molecule has 0 bridgehead atoms. The number of hydrogen-bond donors (Lipinski definition) is 0.